The highest BCUT2D eigenvalue weighted by Crippen LogP contribution is 2.23. The van der Waals surface area contributed by atoms with Crippen LogP contribution >= 0.6 is 0 Å². The van der Waals surface area contributed by atoms with Gasteiger partial charge < -0.3 is 10.2 Å². The Kier molecular flexibility index (Phi) is 6.81. The molecule has 0 aliphatic carbocycles. The van der Waals surface area contributed by atoms with Gasteiger partial charge in [-0.25, -0.2) is 9.97 Å². The summed E-state index contributed by atoms with van der Waals surface area (Å²) in [5, 5.41) is 2.94. The van der Waals surface area contributed by atoms with Crippen molar-refractivity contribution in [2.75, 3.05) is 23.3 Å². The SMILES string of the molecule is CC(=O)c1cccc(NC(=O)[C@H]2CCCN(c3nc4cccnc4n(Cc4ccc(C)cc4)c3=O)C2)c1. The molecule has 0 spiro atoms. The zero-order valence-corrected chi connectivity index (χ0v) is 21.0. The van der Waals surface area contributed by atoms with Crippen LogP contribution < -0.4 is 15.8 Å². The molecule has 1 N–H and O–H groups in total. The van der Waals surface area contributed by atoms with Crippen molar-refractivity contribution in [1.29, 1.82) is 0 Å². The second-order valence-electron chi connectivity index (χ2n) is 9.57. The maximum absolute atomic E-state index is 13.7. The molecule has 8 nitrogen and oxygen atoms in total. The molecule has 1 fully saturated rings. The maximum atomic E-state index is 13.7. The number of hydrogen-bond donors (Lipinski definition) is 1. The molecule has 4 aromatic rings. The van der Waals surface area contributed by atoms with E-state index in [1.807, 2.05) is 42.2 Å². The highest BCUT2D eigenvalue weighted by Gasteiger charge is 2.29. The van der Waals surface area contributed by atoms with Crippen LogP contribution in [-0.2, 0) is 11.3 Å². The van der Waals surface area contributed by atoms with Crippen LogP contribution in [0, 0.1) is 12.8 Å². The molecule has 2 aromatic carbocycles. The molecular weight excluding hydrogens is 466 g/mol. The summed E-state index contributed by atoms with van der Waals surface area (Å²) in [7, 11) is 0. The van der Waals surface area contributed by atoms with Crippen molar-refractivity contribution in [1.82, 2.24) is 14.5 Å². The molecule has 1 amide bonds. The van der Waals surface area contributed by atoms with Crippen molar-refractivity contribution in [3.05, 3.63) is 93.9 Å². The van der Waals surface area contributed by atoms with E-state index in [-0.39, 0.29) is 23.2 Å². The topological polar surface area (TPSA) is 97.2 Å². The zero-order chi connectivity index (χ0) is 25.9. The van der Waals surface area contributed by atoms with E-state index in [1.165, 1.54) is 6.92 Å². The Balaban J connectivity index is 1.42. The van der Waals surface area contributed by atoms with Crippen LogP contribution in [0.3, 0.4) is 0 Å². The largest absolute Gasteiger partial charge is 0.351 e. The lowest BCUT2D eigenvalue weighted by Gasteiger charge is -2.32. The Morgan fingerprint density at radius 1 is 1.08 bits per heavy atom. The fourth-order valence-electron chi connectivity index (χ4n) is 4.74. The molecule has 5 rings (SSSR count). The minimum absolute atomic E-state index is 0.0567. The number of carbonyl (C=O) groups is 2. The highest BCUT2D eigenvalue weighted by molar-refractivity contribution is 5.97. The summed E-state index contributed by atoms with van der Waals surface area (Å²) in [5.41, 5.74) is 4.24. The second-order valence-corrected chi connectivity index (χ2v) is 9.57. The van der Waals surface area contributed by atoms with Gasteiger partial charge in [-0.2, -0.15) is 0 Å². The number of aromatic nitrogens is 3. The Morgan fingerprint density at radius 2 is 1.89 bits per heavy atom. The predicted molar refractivity (Wildman–Crippen MR) is 144 cm³/mol. The minimum atomic E-state index is -0.314. The van der Waals surface area contributed by atoms with E-state index in [2.05, 4.69) is 15.3 Å². The number of hydrogen-bond acceptors (Lipinski definition) is 6. The monoisotopic (exact) mass is 495 g/mol. The Labute approximate surface area is 215 Å². The van der Waals surface area contributed by atoms with E-state index in [0.29, 0.717) is 54.3 Å². The van der Waals surface area contributed by atoms with Gasteiger partial charge in [0.25, 0.3) is 5.56 Å². The van der Waals surface area contributed by atoms with Crippen molar-refractivity contribution < 1.29 is 9.59 Å². The standard InChI is InChI=1S/C29H29N5O3/c1-19-10-12-21(13-11-19)17-34-26-25(9-4-14-30-26)32-27(29(34)37)33-15-5-7-23(18-33)28(36)31-24-8-3-6-22(16-24)20(2)35/h3-4,6,8-14,16,23H,5,7,15,17-18H2,1-2H3,(H,31,36)/t23-/m0/s1. The number of aryl methyl sites for hydroxylation is 1. The summed E-state index contributed by atoms with van der Waals surface area (Å²) < 4.78 is 1.67. The normalized spacial score (nSPS) is 15.5. The fraction of sp³-hybridized carbons (Fsp3) is 0.276. The maximum Gasteiger partial charge on any atom is 0.295 e. The van der Waals surface area contributed by atoms with Crippen molar-refractivity contribution >= 4 is 34.4 Å². The number of Topliss-reactive ketones (excluding diaryl/α,β-unsaturated/α-hetero) is 1. The first-order valence-corrected chi connectivity index (χ1v) is 12.5. The summed E-state index contributed by atoms with van der Waals surface area (Å²) in [5.74, 6) is -0.165. The predicted octanol–water partition coefficient (Wildman–Crippen LogP) is 4.21. The summed E-state index contributed by atoms with van der Waals surface area (Å²) in [6, 6.07) is 18.7. The van der Waals surface area contributed by atoms with Crippen molar-refractivity contribution in [3.63, 3.8) is 0 Å². The lowest BCUT2D eigenvalue weighted by Crippen LogP contribution is -2.44. The summed E-state index contributed by atoms with van der Waals surface area (Å²) in [4.78, 5) is 49.6. The number of piperidine rings is 1. The first-order chi connectivity index (χ1) is 17.9. The second kappa shape index (κ2) is 10.3. The van der Waals surface area contributed by atoms with Gasteiger partial charge in [0.1, 0.15) is 5.52 Å². The number of carbonyl (C=O) groups excluding carboxylic acids is 2. The van der Waals surface area contributed by atoms with Crippen LogP contribution in [0.2, 0.25) is 0 Å². The summed E-state index contributed by atoms with van der Waals surface area (Å²) in [6.45, 7) is 4.93. The lowest BCUT2D eigenvalue weighted by atomic mass is 9.97. The lowest BCUT2D eigenvalue weighted by molar-refractivity contribution is -0.120. The summed E-state index contributed by atoms with van der Waals surface area (Å²) >= 11 is 0. The molecule has 0 radical (unpaired) electrons. The van der Waals surface area contributed by atoms with Gasteiger partial charge in [0.05, 0.1) is 12.5 Å². The van der Waals surface area contributed by atoms with Gasteiger partial charge in [0.2, 0.25) is 5.91 Å². The Bertz CT molecular complexity index is 1530. The number of pyridine rings is 1. The van der Waals surface area contributed by atoms with Crippen LogP contribution in [0.1, 0.15) is 41.3 Å². The quantitative estimate of drug-likeness (QED) is 0.403. The number of nitrogens with zero attached hydrogens (tertiary/aromatic N) is 4. The number of anilines is 2. The average molecular weight is 496 g/mol. The third-order valence-electron chi connectivity index (χ3n) is 6.77. The first-order valence-electron chi connectivity index (χ1n) is 12.5. The van der Waals surface area contributed by atoms with E-state index in [0.717, 1.165) is 17.5 Å². The van der Waals surface area contributed by atoms with Gasteiger partial charge in [-0.1, -0.05) is 42.0 Å². The van der Waals surface area contributed by atoms with Crippen LogP contribution in [0.25, 0.3) is 11.2 Å². The van der Waals surface area contributed by atoms with Gasteiger partial charge in [0, 0.05) is 30.5 Å². The number of fused-ring (bicyclic) bond motifs is 1. The minimum Gasteiger partial charge on any atom is -0.351 e. The van der Waals surface area contributed by atoms with E-state index < -0.39 is 0 Å². The van der Waals surface area contributed by atoms with Crippen molar-refractivity contribution in [2.45, 2.75) is 33.2 Å². The van der Waals surface area contributed by atoms with E-state index in [4.69, 9.17) is 0 Å². The third kappa shape index (κ3) is 5.28. The van der Waals surface area contributed by atoms with E-state index in [9.17, 15) is 14.4 Å². The Morgan fingerprint density at radius 3 is 2.68 bits per heavy atom. The Hall–Kier alpha value is -4.33. The van der Waals surface area contributed by atoms with Crippen LogP contribution in [0.5, 0.6) is 0 Å². The van der Waals surface area contributed by atoms with E-state index >= 15 is 0 Å². The van der Waals surface area contributed by atoms with E-state index in [1.54, 1.807) is 41.1 Å². The molecule has 0 bridgehead atoms. The molecule has 0 unspecified atom stereocenters. The summed E-state index contributed by atoms with van der Waals surface area (Å²) in [6.07, 6.45) is 3.13. The van der Waals surface area contributed by atoms with Crippen LogP contribution in [0.15, 0.2) is 71.7 Å². The molecule has 188 valence electrons. The molecule has 1 aliphatic heterocycles. The molecule has 3 heterocycles. The molecule has 1 atom stereocenters. The van der Waals surface area contributed by atoms with Gasteiger partial charge >= 0.3 is 0 Å². The van der Waals surface area contributed by atoms with Gasteiger partial charge in [-0.3, -0.25) is 19.0 Å². The van der Waals surface area contributed by atoms with Crippen LogP contribution in [0.4, 0.5) is 11.5 Å². The molecular formula is C29H29N5O3. The molecule has 2 aromatic heterocycles. The molecule has 1 aliphatic rings. The molecule has 0 saturated carbocycles. The molecule has 8 heteroatoms. The van der Waals surface area contributed by atoms with Crippen LogP contribution in [-0.4, -0.2) is 39.3 Å². The zero-order valence-electron chi connectivity index (χ0n) is 21.0. The van der Waals surface area contributed by atoms with Gasteiger partial charge in [-0.15, -0.1) is 0 Å². The van der Waals surface area contributed by atoms with Crippen molar-refractivity contribution in [2.24, 2.45) is 5.92 Å². The molecule has 1 saturated heterocycles. The fourth-order valence-corrected chi connectivity index (χ4v) is 4.74. The number of nitrogens with one attached hydrogen (secondary N) is 1. The number of ketones is 1. The number of rotatable bonds is 6. The first kappa shape index (κ1) is 24.4. The third-order valence-corrected chi connectivity index (χ3v) is 6.77. The smallest absolute Gasteiger partial charge is 0.295 e. The van der Waals surface area contributed by atoms with Gasteiger partial charge in [0.15, 0.2) is 17.2 Å². The highest BCUT2D eigenvalue weighted by atomic mass is 16.2. The average Bonchev–Trinajstić information content (AvgIpc) is 2.91. The number of benzene rings is 2. The number of amides is 1. The van der Waals surface area contributed by atoms with Crippen molar-refractivity contribution in [3.8, 4) is 0 Å². The molecule has 37 heavy (non-hydrogen) atoms. The van der Waals surface area contributed by atoms with Gasteiger partial charge in [-0.05, 0) is 56.5 Å².